The molecule has 12 heavy (non-hydrogen) atoms. The maximum Gasteiger partial charge on any atom is 0.0694 e. The lowest BCUT2D eigenvalue weighted by atomic mass is 9.78. The molecule has 1 heterocycles. The molecule has 3 heteroatoms. The molecule has 1 aliphatic heterocycles. The van der Waals surface area contributed by atoms with E-state index in [4.69, 9.17) is 16.9 Å². The zero-order chi connectivity index (χ0) is 8.86. The minimum Gasteiger partial charge on any atom is -0.317 e. The van der Waals surface area contributed by atoms with Crippen LogP contribution in [0, 0.1) is 16.7 Å². The molecule has 0 unspecified atom stereocenters. The summed E-state index contributed by atoms with van der Waals surface area (Å²) in [5.41, 5.74) is 1.35. The fraction of sp³-hybridized carbons (Fsp3) is 0.667. The first kappa shape index (κ1) is 9.57. The van der Waals surface area contributed by atoms with Crippen molar-refractivity contribution < 1.29 is 0 Å². The Balaban J connectivity index is 2.55. The molecular formula is C9H13ClN2. The molecule has 0 bridgehead atoms. The maximum absolute atomic E-state index is 9.01. The van der Waals surface area contributed by atoms with Crippen molar-refractivity contribution in [3.8, 4) is 6.07 Å². The van der Waals surface area contributed by atoms with Gasteiger partial charge in [0.2, 0.25) is 0 Å². The summed E-state index contributed by atoms with van der Waals surface area (Å²) in [6, 6.07) is 2.40. The van der Waals surface area contributed by atoms with Gasteiger partial charge in [-0.1, -0.05) is 17.7 Å². The van der Waals surface area contributed by atoms with Gasteiger partial charge in [-0.3, -0.25) is 0 Å². The highest BCUT2D eigenvalue weighted by Gasteiger charge is 2.30. The Kier molecular flexibility index (Phi) is 3.58. The molecule has 0 saturated carbocycles. The molecule has 1 fully saturated rings. The van der Waals surface area contributed by atoms with Gasteiger partial charge >= 0.3 is 0 Å². The van der Waals surface area contributed by atoms with Crippen LogP contribution in [0.4, 0.5) is 0 Å². The molecule has 2 nitrogen and oxygen atoms in total. The molecule has 0 amide bonds. The van der Waals surface area contributed by atoms with Gasteiger partial charge in [0, 0.05) is 5.54 Å². The number of allylic oxidation sites excluding steroid dienone is 1. The van der Waals surface area contributed by atoms with Crippen molar-refractivity contribution in [3.05, 3.63) is 11.6 Å². The summed E-state index contributed by atoms with van der Waals surface area (Å²) >= 11 is 5.43. The average Bonchev–Trinajstić information content (AvgIpc) is 2.16. The highest BCUT2D eigenvalue weighted by Crippen LogP contribution is 2.32. The van der Waals surface area contributed by atoms with Crippen molar-refractivity contribution >= 4 is 11.6 Å². The summed E-state index contributed by atoms with van der Waals surface area (Å²) in [5, 5.41) is 12.3. The van der Waals surface area contributed by atoms with Crippen LogP contribution in [0.1, 0.15) is 19.3 Å². The Morgan fingerprint density at radius 1 is 1.50 bits per heavy atom. The first-order valence-corrected chi connectivity index (χ1v) is 4.64. The fourth-order valence-corrected chi connectivity index (χ4v) is 1.63. The number of rotatable bonds is 2. The topological polar surface area (TPSA) is 35.8 Å². The van der Waals surface area contributed by atoms with Crippen molar-refractivity contribution in [1.82, 2.24) is 5.32 Å². The number of halogens is 1. The van der Waals surface area contributed by atoms with E-state index in [-0.39, 0.29) is 5.41 Å². The third-order valence-electron chi connectivity index (χ3n) is 2.40. The van der Waals surface area contributed by atoms with Crippen LogP contribution in [0.25, 0.3) is 0 Å². The van der Waals surface area contributed by atoms with Crippen LogP contribution in [0.15, 0.2) is 11.6 Å². The monoisotopic (exact) mass is 184 g/mol. The minimum atomic E-state index is -0.156. The smallest absolute Gasteiger partial charge is 0.0694 e. The lowest BCUT2D eigenvalue weighted by Gasteiger charge is -2.29. The van der Waals surface area contributed by atoms with E-state index in [1.165, 1.54) is 5.54 Å². The quantitative estimate of drug-likeness (QED) is 0.713. The van der Waals surface area contributed by atoms with Crippen molar-refractivity contribution in [2.75, 3.05) is 13.1 Å². The lowest BCUT2D eigenvalue weighted by molar-refractivity contribution is 0.285. The Hall–Kier alpha value is -0.520. The van der Waals surface area contributed by atoms with E-state index in [1.54, 1.807) is 0 Å². The zero-order valence-corrected chi connectivity index (χ0v) is 7.77. The van der Waals surface area contributed by atoms with Gasteiger partial charge in [-0.25, -0.2) is 0 Å². The van der Waals surface area contributed by atoms with E-state index in [1.807, 2.05) is 6.08 Å². The molecule has 1 saturated heterocycles. The van der Waals surface area contributed by atoms with Gasteiger partial charge in [0.15, 0.2) is 0 Å². The Labute approximate surface area is 78.2 Å². The van der Waals surface area contributed by atoms with E-state index in [9.17, 15) is 0 Å². The molecule has 1 aliphatic rings. The molecule has 0 aliphatic carbocycles. The molecular weight excluding hydrogens is 172 g/mol. The third kappa shape index (κ3) is 2.23. The van der Waals surface area contributed by atoms with Crippen LogP contribution in [-0.4, -0.2) is 13.1 Å². The lowest BCUT2D eigenvalue weighted by Crippen LogP contribution is -2.35. The van der Waals surface area contributed by atoms with Gasteiger partial charge in [0.1, 0.15) is 0 Å². The second kappa shape index (κ2) is 4.49. The molecule has 0 aromatic rings. The van der Waals surface area contributed by atoms with Crippen LogP contribution in [0.3, 0.4) is 0 Å². The molecule has 0 radical (unpaired) electrons. The van der Waals surface area contributed by atoms with Gasteiger partial charge in [-0.05, 0) is 32.4 Å². The number of piperidine rings is 1. The van der Waals surface area contributed by atoms with Crippen molar-refractivity contribution in [3.63, 3.8) is 0 Å². The third-order valence-corrected chi connectivity index (χ3v) is 2.57. The number of nitrogens with zero attached hydrogens (tertiary/aromatic N) is 1. The second-order valence-corrected chi connectivity index (χ2v) is 3.46. The van der Waals surface area contributed by atoms with Gasteiger partial charge in [-0.15, -0.1) is 0 Å². The standard InChI is InChI=1S/C9H13ClN2/c10-5-1-2-9(8-11)3-6-12-7-4-9/h1,5,12H,2-4,6-7H2/b5-1+. The second-order valence-electron chi connectivity index (χ2n) is 3.21. The van der Waals surface area contributed by atoms with Gasteiger partial charge in [0.05, 0.1) is 11.5 Å². The summed E-state index contributed by atoms with van der Waals surface area (Å²) < 4.78 is 0. The fourth-order valence-electron chi connectivity index (χ4n) is 1.54. The van der Waals surface area contributed by atoms with E-state index in [0.717, 1.165) is 32.4 Å². The summed E-state index contributed by atoms with van der Waals surface area (Å²) in [4.78, 5) is 0. The number of hydrogen-bond donors (Lipinski definition) is 1. The van der Waals surface area contributed by atoms with E-state index in [2.05, 4.69) is 11.4 Å². The highest BCUT2D eigenvalue weighted by atomic mass is 35.5. The summed E-state index contributed by atoms with van der Waals surface area (Å²) in [5.74, 6) is 0. The SMILES string of the molecule is N#CC1(C/C=C/Cl)CCNCC1. The van der Waals surface area contributed by atoms with E-state index in [0.29, 0.717) is 0 Å². The summed E-state index contributed by atoms with van der Waals surface area (Å²) in [7, 11) is 0. The molecule has 0 aromatic carbocycles. The van der Waals surface area contributed by atoms with Crippen LogP contribution >= 0.6 is 11.6 Å². The normalized spacial score (nSPS) is 22.3. The van der Waals surface area contributed by atoms with Crippen LogP contribution in [0.2, 0.25) is 0 Å². The number of hydrogen-bond acceptors (Lipinski definition) is 2. The minimum absolute atomic E-state index is 0.156. The van der Waals surface area contributed by atoms with Gasteiger partial charge in [0.25, 0.3) is 0 Å². The number of nitriles is 1. The van der Waals surface area contributed by atoms with E-state index >= 15 is 0 Å². The summed E-state index contributed by atoms with van der Waals surface area (Å²) in [6.07, 6.45) is 4.53. The molecule has 0 aromatic heterocycles. The summed E-state index contributed by atoms with van der Waals surface area (Å²) in [6.45, 7) is 1.90. The first-order chi connectivity index (χ1) is 5.83. The molecule has 0 spiro atoms. The van der Waals surface area contributed by atoms with Crippen molar-refractivity contribution in [2.45, 2.75) is 19.3 Å². The largest absolute Gasteiger partial charge is 0.317 e. The maximum atomic E-state index is 9.01. The Morgan fingerprint density at radius 2 is 2.17 bits per heavy atom. The van der Waals surface area contributed by atoms with E-state index < -0.39 is 0 Å². The molecule has 0 atom stereocenters. The zero-order valence-electron chi connectivity index (χ0n) is 7.02. The van der Waals surface area contributed by atoms with Crippen LogP contribution < -0.4 is 5.32 Å². The molecule has 1 N–H and O–H groups in total. The predicted octanol–water partition coefficient (Wildman–Crippen LogP) is 2.02. The predicted molar refractivity (Wildman–Crippen MR) is 49.8 cm³/mol. The van der Waals surface area contributed by atoms with Crippen molar-refractivity contribution in [2.24, 2.45) is 5.41 Å². The van der Waals surface area contributed by atoms with Gasteiger partial charge in [-0.2, -0.15) is 5.26 Å². The van der Waals surface area contributed by atoms with Crippen molar-refractivity contribution in [1.29, 1.82) is 5.26 Å². The van der Waals surface area contributed by atoms with Crippen LogP contribution in [0.5, 0.6) is 0 Å². The van der Waals surface area contributed by atoms with Crippen LogP contribution in [-0.2, 0) is 0 Å². The molecule has 66 valence electrons. The number of nitrogens with one attached hydrogen (secondary N) is 1. The first-order valence-electron chi connectivity index (χ1n) is 4.20. The highest BCUT2D eigenvalue weighted by molar-refractivity contribution is 6.25. The Morgan fingerprint density at radius 3 is 2.67 bits per heavy atom. The molecule has 1 rings (SSSR count). The Bertz CT molecular complexity index is 199. The average molecular weight is 185 g/mol. The van der Waals surface area contributed by atoms with Gasteiger partial charge < -0.3 is 5.32 Å².